The first-order chi connectivity index (χ1) is 24.1. The highest BCUT2D eigenvalue weighted by Gasteiger charge is 2.51. The lowest BCUT2D eigenvalue weighted by Gasteiger charge is -2.57. The summed E-state index contributed by atoms with van der Waals surface area (Å²) in [6.45, 7) is -0.296. The average molecular weight is 698 g/mol. The smallest absolute Gasteiger partial charge is 0.244 e. The second-order valence-corrected chi connectivity index (χ2v) is 17.5. The van der Waals surface area contributed by atoms with Crippen LogP contribution in [0.25, 0.3) is 0 Å². The van der Waals surface area contributed by atoms with E-state index in [0.717, 1.165) is 60.8 Å². The van der Waals surface area contributed by atoms with Gasteiger partial charge >= 0.3 is 0 Å². The second-order valence-electron chi connectivity index (χ2n) is 15.6. The van der Waals surface area contributed by atoms with Crippen molar-refractivity contribution in [3.8, 4) is 5.75 Å². The van der Waals surface area contributed by atoms with Crippen LogP contribution >= 0.6 is 0 Å². The Bertz CT molecular complexity index is 1740. The quantitative estimate of drug-likeness (QED) is 0.217. The summed E-state index contributed by atoms with van der Waals surface area (Å²) in [4.78, 5) is 30.3. The number of ether oxygens (including phenoxy) is 1. The van der Waals surface area contributed by atoms with Gasteiger partial charge in [-0.15, -0.1) is 0 Å². The largest absolute Gasteiger partial charge is 0.497 e. The minimum absolute atomic E-state index is 0.0644. The van der Waals surface area contributed by atoms with Crippen molar-refractivity contribution in [3.63, 3.8) is 0 Å². The molecule has 0 radical (unpaired) electrons. The number of amides is 2. The van der Waals surface area contributed by atoms with Crippen molar-refractivity contribution >= 4 is 27.5 Å². The third kappa shape index (κ3) is 7.58. The molecule has 8 nitrogen and oxygen atoms in total. The van der Waals surface area contributed by atoms with Gasteiger partial charge in [0.2, 0.25) is 21.8 Å². The van der Waals surface area contributed by atoms with Crippen LogP contribution in [0.15, 0.2) is 78.9 Å². The molecular formula is C41H51N3O5S. The molecule has 4 bridgehead atoms. The molecule has 1 atom stereocenters. The SMILES string of the molecule is COc1cccc(CN(C(=O)CN(c2ccc(C34CC5CC(CC(C5)C3)C4)cc2)S(C)(=O)=O)[C@@H](Cc2ccccc2)C(=O)NC2CCCC2)c1. The number of methoxy groups -OCH3 is 1. The predicted octanol–water partition coefficient (Wildman–Crippen LogP) is 6.63. The number of nitrogens with zero attached hydrogens (tertiary/aromatic N) is 2. The monoisotopic (exact) mass is 697 g/mol. The Morgan fingerprint density at radius 3 is 2.08 bits per heavy atom. The third-order valence-electron chi connectivity index (χ3n) is 11.9. The van der Waals surface area contributed by atoms with Crippen LogP contribution in [0, 0.1) is 17.8 Å². The van der Waals surface area contributed by atoms with Gasteiger partial charge < -0.3 is 15.0 Å². The van der Waals surface area contributed by atoms with E-state index < -0.39 is 28.5 Å². The van der Waals surface area contributed by atoms with Crippen LogP contribution in [0.2, 0.25) is 0 Å². The summed E-state index contributed by atoms with van der Waals surface area (Å²) < 4.78 is 33.5. The van der Waals surface area contributed by atoms with Crippen molar-refractivity contribution < 1.29 is 22.7 Å². The van der Waals surface area contributed by atoms with Gasteiger partial charge in [-0.2, -0.15) is 0 Å². The lowest BCUT2D eigenvalue weighted by molar-refractivity contribution is -0.140. The van der Waals surface area contributed by atoms with E-state index in [1.807, 2.05) is 66.7 Å². The fourth-order valence-corrected chi connectivity index (χ4v) is 10.8. The molecule has 3 aromatic carbocycles. The summed E-state index contributed by atoms with van der Waals surface area (Å²) in [7, 11) is -2.26. The van der Waals surface area contributed by atoms with E-state index in [4.69, 9.17) is 4.74 Å². The van der Waals surface area contributed by atoms with Gasteiger partial charge in [-0.3, -0.25) is 13.9 Å². The summed E-state index contributed by atoms with van der Waals surface area (Å²) in [5, 5.41) is 3.23. The maximum Gasteiger partial charge on any atom is 0.244 e. The molecule has 5 saturated carbocycles. The van der Waals surface area contributed by atoms with E-state index in [2.05, 4.69) is 17.4 Å². The lowest BCUT2D eigenvalue weighted by Crippen LogP contribution is -2.54. The molecule has 266 valence electrons. The molecule has 0 saturated heterocycles. The molecule has 0 spiro atoms. The van der Waals surface area contributed by atoms with Gasteiger partial charge in [-0.25, -0.2) is 8.42 Å². The van der Waals surface area contributed by atoms with Gasteiger partial charge in [0.15, 0.2) is 0 Å². The van der Waals surface area contributed by atoms with Crippen LogP contribution in [0.4, 0.5) is 5.69 Å². The standard InChI is InChI=1S/C41H51N3O5S/c1-49-37-14-8-11-30(22-37)27-43(38(23-29-9-4-3-5-10-29)40(46)42-35-12-6-7-13-35)39(45)28-44(50(2,47)48)36-17-15-34(16-18-36)41-24-31-19-32(25-41)21-33(20-31)26-41/h3-5,8-11,14-18,22,31-33,35,38H,6-7,12-13,19-21,23-28H2,1-2H3,(H,42,46)/t31?,32?,33?,38-,41?/m0/s1. The highest BCUT2D eigenvalue weighted by Crippen LogP contribution is 2.60. The fourth-order valence-electron chi connectivity index (χ4n) is 9.95. The second kappa shape index (κ2) is 14.4. The molecular weight excluding hydrogens is 647 g/mol. The number of rotatable bonds is 13. The Hall–Kier alpha value is -3.85. The minimum atomic E-state index is -3.85. The number of nitrogens with one attached hydrogen (secondary N) is 1. The number of carbonyl (C=O) groups is 2. The van der Waals surface area contributed by atoms with Gasteiger partial charge in [-0.05, 0) is 115 Å². The first kappa shape index (κ1) is 34.6. The Morgan fingerprint density at radius 2 is 1.48 bits per heavy atom. The molecule has 1 N–H and O–H groups in total. The molecule has 3 aromatic rings. The van der Waals surface area contributed by atoms with Gasteiger partial charge in [0.25, 0.3) is 0 Å². The maximum atomic E-state index is 14.6. The molecule has 5 fully saturated rings. The van der Waals surface area contributed by atoms with Gasteiger partial charge in [0.05, 0.1) is 19.1 Å². The summed E-state index contributed by atoms with van der Waals surface area (Å²) >= 11 is 0. The zero-order valence-electron chi connectivity index (χ0n) is 29.4. The Balaban J connectivity index is 1.19. The van der Waals surface area contributed by atoms with E-state index in [1.165, 1.54) is 48.4 Å². The third-order valence-corrected chi connectivity index (χ3v) is 13.1. The van der Waals surface area contributed by atoms with Crippen molar-refractivity contribution in [2.24, 2.45) is 17.8 Å². The molecule has 0 heterocycles. The van der Waals surface area contributed by atoms with Crippen molar-refractivity contribution in [1.82, 2.24) is 10.2 Å². The van der Waals surface area contributed by atoms with Crippen LogP contribution < -0.4 is 14.4 Å². The number of carbonyl (C=O) groups excluding carboxylic acids is 2. The Labute approximate surface area is 297 Å². The molecule has 0 unspecified atom stereocenters. The lowest BCUT2D eigenvalue weighted by atomic mass is 9.48. The highest BCUT2D eigenvalue weighted by molar-refractivity contribution is 7.92. The predicted molar refractivity (Wildman–Crippen MR) is 196 cm³/mol. The Morgan fingerprint density at radius 1 is 0.860 bits per heavy atom. The van der Waals surface area contributed by atoms with Crippen molar-refractivity contribution in [2.75, 3.05) is 24.2 Å². The summed E-state index contributed by atoms with van der Waals surface area (Å²) in [5.74, 6) is 2.39. The fraction of sp³-hybridized carbons (Fsp3) is 0.512. The number of hydrogen-bond donors (Lipinski definition) is 1. The number of anilines is 1. The van der Waals surface area contributed by atoms with Crippen LogP contribution in [0.1, 0.15) is 80.9 Å². The van der Waals surface area contributed by atoms with Gasteiger partial charge in [0.1, 0.15) is 18.3 Å². The molecule has 5 aliphatic carbocycles. The van der Waals surface area contributed by atoms with Crippen molar-refractivity contribution in [1.29, 1.82) is 0 Å². The van der Waals surface area contributed by atoms with Crippen LogP contribution in [-0.4, -0.2) is 57.1 Å². The minimum Gasteiger partial charge on any atom is -0.497 e. The average Bonchev–Trinajstić information content (AvgIpc) is 3.61. The zero-order chi connectivity index (χ0) is 34.9. The van der Waals surface area contributed by atoms with E-state index in [1.54, 1.807) is 12.0 Å². The zero-order valence-corrected chi connectivity index (χ0v) is 30.2. The van der Waals surface area contributed by atoms with E-state index in [-0.39, 0.29) is 23.9 Å². The maximum absolute atomic E-state index is 14.6. The van der Waals surface area contributed by atoms with Crippen molar-refractivity contribution in [3.05, 3.63) is 95.6 Å². The topological polar surface area (TPSA) is 96.0 Å². The number of benzene rings is 3. The molecule has 50 heavy (non-hydrogen) atoms. The van der Waals surface area contributed by atoms with E-state index in [9.17, 15) is 18.0 Å². The highest BCUT2D eigenvalue weighted by atomic mass is 32.2. The van der Waals surface area contributed by atoms with Crippen LogP contribution in [0.5, 0.6) is 5.75 Å². The van der Waals surface area contributed by atoms with Crippen molar-refractivity contribution in [2.45, 2.75) is 94.7 Å². The summed E-state index contributed by atoms with van der Waals surface area (Å²) in [6.07, 6.45) is 13.1. The molecule has 0 aromatic heterocycles. The summed E-state index contributed by atoms with van der Waals surface area (Å²) in [6, 6.07) is 24.3. The van der Waals surface area contributed by atoms with Gasteiger partial charge in [0, 0.05) is 19.0 Å². The molecule has 8 rings (SSSR count). The van der Waals surface area contributed by atoms with E-state index >= 15 is 0 Å². The number of hydrogen-bond acceptors (Lipinski definition) is 5. The van der Waals surface area contributed by atoms with Gasteiger partial charge in [-0.1, -0.05) is 67.4 Å². The normalized spacial score (nSPS) is 24.9. The molecule has 0 aliphatic heterocycles. The van der Waals surface area contributed by atoms with E-state index in [0.29, 0.717) is 17.9 Å². The molecule has 5 aliphatic rings. The number of sulfonamides is 1. The Kier molecular flexibility index (Phi) is 9.97. The molecule has 9 heteroatoms. The summed E-state index contributed by atoms with van der Waals surface area (Å²) in [5.41, 5.74) is 3.65. The first-order valence-corrected chi connectivity index (χ1v) is 20.3. The molecule has 2 amide bonds. The van der Waals surface area contributed by atoms with Crippen LogP contribution in [-0.2, 0) is 38.0 Å². The van der Waals surface area contributed by atoms with Crippen LogP contribution in [0.3, 0.4) is 0 Å². The first-order valence-electron chi connectivity index (χ1n) is 18.4.